The Morgan fingerprint density at radius 3 is 2.59 bits per heavy atom. The molecule has 7 nitrogen and oxygen atoms in total. The Hall–Kier alpha value is -2.30. The van der Waals surface area contributed by atoms with Crippen LogP contribution in [0.3, 0.4) is 0 Å². The number of rotatable bonds is 6. The van der Waals surface area contributed by atoms with Crippen molar-refractivity contribution < 1.29 is 12.8 Å². The standard InChI is InChI=1S/C21H20Cl2FN5O2S/c22-15-5-4-14(17(23)11-15)10-21-26-20(13-28-8-2-1-3-9-28)27-29(21)19-7-6-16(12-18(19)24)32(25,30)31/h1-2,4-7,11-12H,3,8-10,13H2,(H2,25,30,31). The van der Waals surface area contributed by atoms with E-state index in [1.807, 2.05) is 0 Å². The van der Waals surface area contributed by atoms with Gasteiger partial charge in [-0.3, -0.25) is 4.90 Å². The molecule has 0 saturated heterocycles. The smallest absolute Gasteiger partial charge is 0.238 e. The average molecular weight is 496 g/mol. The van der Waals surface area contributed by atoms with Crippen molar-refractivity contribution in [3.8, 4) is 5.69 Å². The molecule has 168 valence electrons. The van der Waals surface area contributed by atoms with Gasteiger partial charge >= 0.3 is 0 Å². The van der Waals surface area contributed by atoms with Crippen LogP contribution in [0.1, 0.15) is 23.6 Å². The van der Waals surface area contributed by atoms with Gasteiger partial charge in [-0.25, -0.2) is 27.6 Å². The van der Waals surface area contributed by atoms with Crippen LogP contribution in [0.25, 0.3) is 5.69 Å². The van der Waals surface area contributed by atoms with Crippen molar-refractivity contribution in [2.24, 2.45) is 5.14 Å². The van der Waals surface area contributed by atoms with Crippen LogP contribution in [-0.4, -0.2) is 41.2 Å². The van der Waals surface area contributed by atoms with Gasteiger partial charge in [0.2, 0.25) is 10.0 Å². The van der Waals surface area contributed by atoms with Gasteiger partial charge in [-0.2, -0.15) is 0 Å². The largest absolute Gasteiger partial charge is 0.292 e. The maximum atomic E-state index is 14.9. The number of aromatic nitrogens is 3. The van der Waals surface area contributed by atoms with Crippen molar-refractivity contribution in [1.82, 2.24) is 19.7 Å². The molecule has 0 bridgehead atoms. The lowest BCUT2D eigenvalue weighted by Crippen LogP contribution is -2.27. The molecule has 4 rings (SSSR count). The van der Waals surface area contributed by atoms with Crippen LogP contribution < -0.4 is 5.14 Å². The molecule has 0 saturated carbocycles. The Labute approximate surface area is 195 Å². The minimum atomic E-state index is -4.03. The van der Waals surface area contributed by atoms with Crippen molar-refractivity contribution in [3.63, 3.8) is 0 Å². The molecule has 0 radical (unpaired) electrons. The molecule has 1 aliphatic heterocycles. The SMILES string of the molecule is NS(=O)(=O)c1ccc(-n2nc(CN3CC=CCC3)nc2Cc2ccc(Cl)cc2Cl)c(F)c1. The molecular weight excluding hydrogens is 476 g/mol. The van der Waals surface area contributed by atoms with Crippen LogP contribution in [0.4, 0.5) is 4.39 Å². The third-order valence-corrected chi connectivity index (χ3v) is 6.56. The summed E-state index contributed by atoms with van der Waals surface area (Å²) in [7, 11) is -4.03. The highest BCUT2D eigenvalue weighted by Crippen LogP contribution is 2.25. The summed E-state index contributed by atoms with van der Waals surface area (Å²) < 4.78 is 39.4. The number of hydrogen-bond donors (Lipinski definition) is 1. The van der Waals surface area contributed by atoms with Gasteiger partial charge in [-0.1, -0.05) is 41.4 Å². The number of benzene rings is 2. The van der Waals surface area contributed by atoms with Gasteiger partial charge in [0.1, 0.15) is 17.3 Å². The van der Waals surface area contributed by atoms with Crippen molar-refractivity contribution in [3.05, 3.63) is 81.6 Å². The summed E-state index contributed by atoms with van der Waals surface area (Å²) >= 11 is 12.3. The summed E-state index contributed by atoms with van der Waals surface area (Å²) in [6.07, 6.45) is 5.43. The minimum Gasteiger partial charge on any atom is -0.292 e. The monoisotopic (exact) mass is 495 g/mol. The lowest BCUT2D eigenvalue weighted by Gasteiger charge is -2.20. The first-order chi connectivity index (χ1) is 15.2. The fourth-order valence-electron chi connectivity index (χ4n) is 3.47. The van der Waals surface area contributed by atoms with Crippen molar-refractivity contribution in [2.45, 2.75) is 24.3 Å². The molecule has 0 aliphatic carbocycles. The predicted molar refractivity (Wildman–Crippen MR) is 121 cm³/mol. The van der Waals surface area contributed by atoms with Gasteiger partial charge < -0.3 is 0 Å². The summed E-state index contributed by atoms with van der Waals surface area (Å²) in [4.78, 5) is 6.50. The first-order valence-corrected chi connectivity index (χ1v) is 12.1. The zero-order valence-electron chi connectivity index (χ0n) is 16.9. The maximum absolute atomic E-state index is 14.9. The molecule has 0 amide bonds. The first kappa shape index (κ1) is 22.9. The fourth-order valence-corrected chi connectivity index (χ4v) is 4.47. The first-order valence-electron chi connectivity index (χ1n) is 9.79. The van der Waals surface area contributed by atoms with Crippen LogP contribution in [0, 0.1) is 5.82 Å². The van der Waals surface area contributed by atoms with E-state index in [-0.39, 0.29) is 17.0 Å². The number of hydrogen-bond acceptors (Lipinski definition) is 5. The molecule has 0 unspecified atom stereocenters. The van der Waals surface area contributed by atoms with Crippen LogP contribution in [0.5, 0.6) is 0 Å². The van der Waals surface area contributed by atoms with Crippen LogP contribution >= 0.6 is 23.2 Å². The number of primary sulfonamides is 1. The van der Waals surface area contributed by atoms with Crippen molar-refractivity contribution in [1.29, 1.82) is 0 Å². The zero-order valence-corrected chi connectivity index (χ0v) is 19.2. The van der Waals surface area contributed by atoms with E-state index in [1.165, 1.54) is 16.8 Å². The normalized spacial score (nSPS) is 14.8. The van der Waals surface area contributed by atoms with E-state index in [0.29, 0.717) is 28.2 Å². The fraction of sp³-hybridized carbons (Fsp3) is 0.238. The molecule has 1 aromatic heterocycles. The van der Waals surface area contributed by atoms with Gasteiger partial charge in [-0.15, -0.1) is 5.10 Å². The van der Waals surface area contributed by atoms with E-state index in [4.69, 9.17) is 28.3 Å². The lowest BCUT2D eigenvalue weighted by molar-refractivity contribution is 0.283. The Balaban J connectivity index is 1.74. The van der Waals surface area contributed by atoms with Gasteiger partial charge in [0.25, 0.3) is 0 Å². The molecule has 3 aromatic rings. The molecule has 2 aromatic carbocycles. The number of nitrogens with zero attached hydrogens (tertiary/aromatic N) is 4. The second-order valence-corrected chi connectivity index (χ2v) is 9.83. The Bertz CT molecular complexity index is 1290. The number of sulfonamides is 1. The molecule has 2 N–H and O–H groups in total. The highest BCUT2D eigenvalue weighted by Gasteiger charge is 2.20. The topological polar surface area (TPSA) is 94.1 Å². The second-order valence-electron chi connectivity index (χ2n) is 7.42. The number of halogens is 3. The summed E-state index contributed by atoms with van der Waals surface area (Å²) in [6, 6.07) is 8.56. The summed E-state index contributed by atoms with van der Waals surface area (Å²) in [5.74, 6) is 0.201. The molecule has 0 atom stereocenters. The molecule has 0 spiro atoms. The highest BCUT2D eigenvalue weighted by molar-refractivity contribution is 7.89. The van der Waals surface area contributed by atoms with Crippen LogP contribution in [0.15, 0.2) is 53.4 Å². The Morgan fingerprint density at radius 1 is 1.12 bits per heavy atom. The third kappa shape index (κ3) is 5.19. The summed E-state index contributed by atoms with van der Waals surface area (Å²) in [5, 5.41) is 10.6. The van der Waals surface area contributed by atoms with E-state index in [0.717, 1.165) is 31.1 Å². The van der Waals surface area contributed by atoms with Gasteiger partial charge in [0.05, 0.1) is 11.4 Å². The van der Waals surface area contributed by atoms with Crippen LogP contribution in [0.2, 0.25) is 10.0 Å². The molecule has 11 heteroatoms. The van der Waals surface area contributed by atoms with E-state index in [1.54, 1.807) is 18.2 Å². The Kier molecular flexibility index (Phi) is 6.64. The summed E-state index contributed by atoms with van der Waals surface area (Å²) in [5.41, 5.74) is 0.813. The zero-order chi connectivity index (χ0) is 22.9. The van der Waals surface area contributed by atoms with E-state index < -0.39 is 15.8 Å². The third-order valence-electron chi connectivity index (χ3n) is 5.06. The van der Waals surface area contributed by atoms with Gasteiger partial charge in [0, 0.05) is 29.6 Å². The molecule has 32 heavy (non-hydrogen) atoms. The minimum absolute atomic E-state index is 0.0646. The van der Waals surface area contributed by atoms with Crippen molar-refractivity contribution in [2.75, 3.05) is 13.1 Å². The van der Waals surface area contributed by atoms with E-state index in [2.05, 4.69) is 27.1 Å². The van der Waals surface area contributed by atoms with Gasteiger partial charge in [-0.05, 0) is 42.3 Å². The quantitative estimate of drug-likeness (QED) is 0.526. The van der Waals surface area contributed by atoms with Crippen molar-refractivity contribution >= 4 is 33.2 Å². The summed E-state index contributed by atoms with van der Waals surface area (Å²) in [6.45, 7) is 2.15. The molecular formula is C21H20Cl2FN5O2S. The molecule has 1 aliphatic rings. The highest BCUT2D eigenvalue weighted by atomic mass is 35.5. The molecule has 2 heterocycles. The van der Waals surface area contributed by atoms with Crippen LogP contribution in [-0.2, 0) is 23.0 Å². The lowest BCUT2D eigenvalue weighted by atomic mass is 10.1. The maximum Gasteiger partial charge on any atom is 0.238 e. The average Bonchev–Trinajstić information content (AvgIpc) is 3.12. The molecule has 0 fully saturated rings. The number of nitrogens with two attached hydrogens (primary N) is 1. The van der Waals surface area contributed by atoms with E-state index >= 15 is 0 Å². The predicted octanol–water partition coefficient (Wildman–Crippen LogP) is 3.71. The van der Waals surface area contributed by atoms with Gasteiger partial charge in [0.15, 0.2) is 5.82 Å². The second kappa shape index (κ2) is 9.29. The van der Waals surface area contributed by atoms with E-state index in [9.17, 15) is 12.8 Å². The Morgan fingerprint density at radius 2 is 1.94 bits per heavy atom.